The maximum atomic E-state index is 12.7. The van der Waals surface area contributed by atoms with E-state index in [1.54, 1.807) is 7.05 Å². The van der Waals surface area contributed by atoms with Crippen molar-refractivity contribution in [1.29, 1.82) is 0 Å². The number of hydrogen-bond donors (Lipinski definition) is 1. The van der Waals surface area contributed by atoms with Crippen molar-refractivity contribution < 1.29 is 14.6 Å². The molecule has 6 nitrogen and oxygen atoms in total. The van der Waals surface area contributed by atoms with Gasteiger partial charge >= 0.3 is 5.97 Å². The molecule has 0 unspecified atom stereocenters. The Kier molecular flexibility index (Phi) is 3.50. The number of aromatic nitrogens is 2. The van der Waals surface area contributed by atoms with Gasteiger partial charge in [-0.05, 0) is 30.2 Å². The molecule has 2 heterocycles. The quantitative estimate of drug-likeness (QED) is 0.685. The van der Waals surface area contributed by atoms with Crippen molar-refractivity contribution >= 4 is 22.9 Å². The first-order valence-corrected chi connectivity index (χ1v) is 8.23. The Bertz CT molecular complexity index is 1160. The monoisotopic (exact) mass is 350 g/mol. The predicted octanol–water partition coefficient (Wildman–Crippen LogP) is 2.61. The van der Waals surface area contributed by atoms with Crippen LogP contribution < -0.4 is 5.56 Å². The van der Waals surface area contributed by atoms with E-state index in [1.165, 1.54) is 11.7 Å². The molecule has 0 amide bonds. The third-order valence-electron chi connectivity index (χ3n) is 4.98. The molecule has 3 aromatic rings. The van der Waals surface area contributed by atoms with E-state index in [9.17, 15) is 14.7 Å². The summed E-state index contributed by atoms with van der Waals surface area (Å²) in [7, 11) is 4.78. The van der Waals surface area contributed by atoms with Gasteiger partial charge in [-0.2, -0.15) is 0 Å². The van der Waals surface area contributed by atoms with Crippen molar-refractivity contribution in [1.82, 2.24) is 9.13 Å². The second kappa shape index (κ2) is 5.62. The summed E-state index contributed by atoms with van der Waals surface area (Å²) in [6.07, 6.45) is 6.28. The number of nitrogens with zero attached hydrogens (tertiary/aromatic N) is 2. The molecule has 1 N–H and O–H groups in total. The number of esters is 1. The van der Waals surface area contributed by atoms with Crippen molar-refractivity contribution in [3.05, 3.63) is 57.5 Å². The number of allylic oxidation sites excluding steroid dienone is 1. The van der Waals surface area contributed by atoms with Crippen LogP contribution in [0, 0.1) is 0 Å². The van der Waals surface area contributed by atoms with Crippen LogP contribution in [-0.4, -0.2) is 27.3 Å². The molecule has 1 aliphatic carbocycles. The lowest BCUT2D eigenvalue weighted by atomic mass is 9.97. The zero-order valence-corrected chi connectivity index (χ0v) is 14.7. The number of benzene rings is 1. The molecule has 0 saturated heterocycles. The van der Waals surface area contributed by atoms with Gasteiger partial charge in [-0.1, -0.05) is 12.2 Å². The van der Waals surface area contributed by atoms with Crippen molar-refractivity contribution in [3.8, 4) is 17.0 Å². The molecule has 26 heavy (non-hydrogen) atoms. The van der Waals surface area contributed by atoms with Crippen molar-refractivity contribution in [2.45, 2.75) is 6.42 Å². The van der Waals surface area contributed by atoms with E-state index in [2.05, 4.69) is 10.8 Å². The van der Waals surface area contributed by atoms with Crippen molar-refractivity contribution in [3.63, 3.8) is 0 Å². The van der Waals surface area contributed by atoms with Crippen LogP contribution in [0.25, 0.3) is 28.2 Å². The average Bonchev–Trinajstić information content (AvgIpc) is 2.87. The van der Waals surface area contributed by atoms with Crippen LogP contribution in [0.1, 0.15) is 21.5 Å². The molecular weight excluding hydrogens is 332 g/mol. The van der Waals surface area contributed by atoms with Gasteiger partial charge in [0, 0.05) is 42.3 Å². The first-order valence-electron chi connectivity index (χ1n) is 8.23. The second-order valence-electron chi connectivity index (χ2n) is 6.44. The number of methoxy groups -OCH3 is 1. The number of ether oxygens (including phenoxy) is 1. The van der Waals surface area contributed by atoms with Crippen LogP contribution >= 0.6 is 0 Å². The molecule has 0 spiro atoms. The molecule has 1 aromatic carbocycles. The van der Waals surface area contributed by atoms with Gasteiger partial charge in [0.25, 0.3) is 5.56 Å². The Balaban J connectivity index is 2.12. The molecule has 4 rings (SSSR count). The molecule has 1 aliphatic rings. The van der Waals surface area contributed by atoms with E-state index in [-0.39, 0.29) is 11.3 Å². The highest BCUT2D eigenvalue weighted by molar-refractivity contribution is 5.96. The lowest BCUT2D eigenvalue weighted by molar-refractivity contribution is 0.0594. The molecule has 0 saturated carbocycles. The highest BCUT2D eigenvalue weighted by Gasteiger charge is 2.27. The fourth-order valence-electron chi connectivity index (χ4n) is 3.64. The summed E-state index contributed by atoms with van der Waals surface area (Å²) in [5.41, 5.74) is 3.14. The number of carbonyl (C=O) groups is 1. The van der Waals surface area contributed by atoms with Crippen LogP contribution in [-0.2, 0) is 25.3 Å². The van der Waals surface area contributed by atoms with Crippen LogP contribution in [0.15, 0.2) is 35.3 Å². The fourth-order valence-corrected chi connectivity index (χ4v) is 3.64. The van der Waals surface area contributed by atoms with E-state index in [0.29, 0.717) is 17.7 Å². The largest absolute Gasteiger partial charge is 0.506 e. The van der Waals surface area contributed by atoms with Gasteiger partial charge in [0.1, 0.15) is 5.75 Å². The van der Waals surface area contributed by atoms with Crippen molar-refractivity contribution in [2.24, 2.45) is 14.1 Å². The fraction of sp³-hybridized carbons (Fsp3) is 0.200. The summed E-state index contributed by atoms with van der Waals surface area (Å²) < 4.78 is 8.12. The predicted molar refractivity (Wildman–Crippen MR) is 99.3 cm³/mol. The topological polar surface area (TPSA) is 73.5 Å². The Morgan fingerprint density at radius 1 is 1.27 bits per heavy atom. The van der Waals surface area contributed by atoms with E-state index < -0.39 is 11.5 Å². The minimum atomic E-state index is -0.835. The minimum absolute atomic E-state index is 0.305. The maximum Gasteiger partial charge on any atom is 0.347 e. The molecule has 2 aromatic heterocycles. The second-order valence-corrected chi connectivity index (χ2v) is 6.44. The van der Waals surface area contributed by atoms with Crippen LogP contribution in [0.4, 0.5) is 0 Å². The zero-order chi connectivity index (χ0) is 18.6. The Morgan fingerprint density at radius 2 is 2.04 bits per heavy atom. The number of aryl methyl sites for hydroxylation is 1. The Morgan fingerprint density at radius 3 is 2.77 bits per heavy atom. The molecule has 0 fully saturated rings. The van der Waals surface area contributed by atoms with Crippen LogP contribution in [0.5, 0.6) is 5.75 Å². The van der Waals surface area contributed by atoms with Gasteiger partial charge in [-0.25, -0.2) is 4.79 Å². The number of hydrogen-bond acceptors (Lipinski definition) is 4. The van der Waals surface area contributed by atoms with Crippen molar-refractivity contribution in [2.75, 3.05) is 7.11 Å². The number of carbonyl (C=O) groups excluding carboxylic acids is 1. The summed E-state index contributed by atoms with van der Waals surface area (Å²) in [4.78, 5) is 24.7. The SMILES string of the molecule is COC(=O)c1c(O)c2c(n(C)c1=O)-c1cc3ccn(C)c3cc1C=CC2. The lowest BCUT2D eigenvalue weighted by Crippen LogP contribution is -2.27. The van der Waals surface area contributed by atoms with E-state index in [4.69, 9.17) is 0 Å². The number of rotatable bonds is 1. The van der Waals surface area contributed by atoms with E-state index in [0.717, 1.165) is 22.0 Å². The van der Waals surface area contributed by atoms with Gasteiger partial charge in [-0.3, -0.25) is 4.79 Å². The van der Waals surface area contributed by atoms with E-state index in [1.807, 2.05) is 42.1 Å². The highest BCUT2D eigenvalue weighted by atomic mass is 16.5. The zero-order valence-electron chi connectivity index (χ0n) is 14.7. The Labute approximate surface area is 149 Å². The number of aromatic hydroxyl groups is 1. The average molecular weight is 350 g/mol. The van der Waals surface area contributed by atoms with Gasteiger partial charge in [0.15, 0.2) is 5.56 Å². The molecule has 0 aliphatic heterocycles. The van der Waals surface area contributed by atoms with E-state index >= 15 is 0 Å². The normalized spacial score (nSPS) is 12.6. The smallest absolute Gasteiger partial charge is 0.347 e. The van der Waals surface area contributed by atoms with Crippen LogP contribution in [0.2, 0.25) is 0 Å². The molecular formula is C20H18N2O4. The summed E-state index contributed by atoms with van der Waals surface area (Å²) in [5, 5.41) is 11.7. The molecule has 132 valence electrons. The first kappa shape index (κ1) is 16.2. The molecule has 0 atom stereocenters. The van der Waals surface area contributed by atoms with Gasteiger partial charge in [-0.15, -0.1) is 0 Å². The van der Waals surface area contributed by atoms with Gasteiger partial charge in [0.05, 0.1) is 12.8 Å². The lowest BCUT2D eigenvalue weighted by Gasteiger charge is -2.17. The molecule has 0 radical (unpaired) electrons. The molecule has 0 bridgehead atoms. The van der Waals surface area contributed by atoms with Crippen LogP contribution in [0.3, 0.4) is 0 Å². The van der Waals surface area contributed by atoms with Gasteiger partial charge < -0.3 is 19.0 Å². The standard InChI is InChI=1S/C20H18N2O4/c1-21-8-7-12-9-14-11(10-15(12)21)5-4-6-13-17(14)22(2)19(24)16(18(13)23)20(25)26-3/h4-5,7-10,23H,6H2,1-3H3. The third-order valence-corrected chi connectivity index (χ3v) is 4.98. The van der Waals surface area contributed by atoms with Gasteiger partial charge in [0.2, 0.25) is 0 Å². The number of fused-ring (bicyclic) bond motifs is 4. The highest BCUT2D eigenvalue weighted by Crippen LogP contribution is 2.38. The first-order chi connectivity index (χ1) is 12.4. The summed E-state index contributed by atoms with van der Waals surface area (Å²) in [6.45, 7) is 0. The summed E-state index contributed by atoms with van der Waals surface area (Å²) >= 11 is 0. The third kappa shape index (κ3) is 2.12. The molecule has 6 heteroatoms. The summed E-state index contributed by atoms with van der Waals surface area (Å²) in [6, 6.07) is 6.08. The maximum absolute atomic E-state index is 12.7. The summed E-state index contributed by atoms with van der Waals surface area (Å²) in [5.74, 6) is -1.14. The number of pyridine rings is 1. The minimum Gasteiger partial charge on any atom is -0.506 e. The Hall–Kier alpha value is -3.28.